The topological polar surface area (TPSA) is 66.2 Å². The average molecular weight is 383 g/mol. The maximum atomic E-state index is 11.8. The fourth-order valence-corrected chi connectivity index (χ4v) is 3.39. The number of benzene rings is 2. The van der Waals surface area contributed by atoms with Crippen LogP contribution in [0.4, 0.5) is 0 Å². The van der Waals surface area contributed by atoms with Crippen molar-refractivity contribution in [3.05, 3.63) is 54.1 Å². The van der Waals surface area contributed by atoms with Crippen LogP contribution in [0, 0.1) is 6.92 Å². The lowest BCUT2D eigenvalue weighted by Gasteiger charge is -2.13. The fourth-order valence-electron chi connectivity index (χ4n) is 2.65. The highest BCUT2D eigenvalue weighted by Gasteiger charge is 2.18. The van der Waals surface area contributed by atoms with Gasteiger partial charge in [0.05, 0.1) is 25.2 Å². The number of thioether (sulfide) groups is 1. The van der Waals surface area contributed by atoms with E-state index in [0.29, 0.717) is 17.6 Å². The molecule has 7 heteroatoms. The third-order valence-corrected chi connectivity index (χ3v) is 4.86. The predicted octanol–water partition coefficient (Wildman–Crippen LogP) is 3.91. The highest BCUT2D eigenvalue weighted by Crippen LogP contribution is 2.30. The molecule has 0 bridgehead atoms. The van der Waals surface area contributed by atoms with Gasteiger partial charge >= 0.3 is 5.97 Å². The number of aromatic nitrogens is 3. The van der Waals surface area contributed by atoms with Crippen LogP contribution in [0.15, 0.2) is 53.7 Å². The highest BCUT2D eigenvalue weighted by atomic mass is 32.2. The molecule has 0 saturated carbocycles. The van der Waals surface area contributed by atoms with Crippen LogP contribution >= 0.6 is 11.8 Å². The Morgan fingerprint density at radius 1 is 1.11 bits per heavy atom. The van der Waals surface area contributed by atoms with E-state index in [4.69, 9.17) is 9.47 Å². The zero-order valence-corrected chi connectivity index (χ0v) is 16.3. The third kappa shape index (κ3) is 4.31. The number of hydrogen-bond acceptors (Lipinski definition) is 6. The number of ether oxygens (including phenoxy) is 2. The van der Waals surface area contributed by atoms with Gasteiger partial charge in [-0.3, -0.25) is 9.36 Å². The Kier molecular flexibility index (Phi) is 6.13. The SMILES string of the molecule is CCOC(=O)CSc1nnc(-c2ccc(OC)cc2)n1-c1ccccc1C. The van der Waals surface area contributed by atoms with Gasteiger partial charge in [-0.15, -0.1) is 10.2 Å². The summed E-state index contributed by atoms with van der Waals surface area (Å²) in [4.78, 5) is 11.8. The number of para-hydroxylation sites is 1. The Balaban J connectivity index is 2.03. The molecule has 0 spiro atoms. The summed E-state index contributed by atoms with van der Waals surface area (Å²) in [7, 11) is 1.63. The summed E-state index contributed by atoms with van der Waals surface area (Å²) in [5, 5.41) is 9.35. The Bertz CT molecular complexity index is 922. The molecule has 0 fully saturated rings. The maximum Gasteiger partial charge on any atom is 0.316 e. The second-order valence-electron chi connectivity index (χ2n) is 5.75. The van der Waals surface area contributed by atoms with Crippen molar-refractivity contribution in [1.82, 2.24) is 14.8 Å². The fraction of sp³-hybridized carbons (Fsp3) is 0.250. The predicted molar refractivity (Wildman–Crippen MR) is 105 cm³/mol. The Morgan fingerprint density at radius 2 is 1.85 bits per heavy atom. The van der Waals surface area contributed by atoms with Gasteiger partial charge < -0.3 is 9.47 Å². The van der Waals surface area contributed by atoms with Crippen molar-refractivity contribution in [2.75, 3.05) is 19.5 Å². The molecule has 0 unspecified atom stereocenters. The first-order chi connectivity index (χ1) is 13.1. The lowest BCUT2D eigenvalue weighted by atomic mass is 10.1. The van der Waals surface area contributed by atoms with Crippen LogP contribution in [-0.4, -0.2) is 40.2 Å². The molecule has 3 rings (SSSR count). The zero-order valence-electron chi connectivity index (χ0n) is 15.5. The summed E-state index contributed by atoms with van der Waals surface area (Å²) in [6.07, 6.45) is 0. The number of hydrogen-bond donors (Lipinski definition) is 0. The molecule has 1 heterocycles. The summed E-state index contributed by atoms with van der Waals surface area (Å²) < 4.78 is 12.2. The van der Waals surface area contributed by atoms with Gasteiger partial charge in [-0.2, -0.15) is 0 Å². The van der Waals surface area contributed by atoms with E-state index in [-0.39, 0.29) is 11.7 Å². The maximum absolute atomic E-state index is 11.8. The van der Waals surface area contributed by atoms with E-state index >= 15 is 0 Å². The average Bonchev–Trinajstić information content (AvgIpc) is 3.11. The van der Waals surface area contributed by atoms with Crippen molar-refractivity contribution < 1.29 is 14.3 Å². The van der Waals surface area contributed by atoms with Gasteiger partial charge in [0.25, 0.3) is 0 Å². The Morgan fingerprint density at radius 3 is 2.52 bits per heavy atom. The first-order valence-electron chi connectivity index (χ1n) is 8.58. The van der Waals surface area contributed by atoms with E-state index in [1.807, 2.05) is 60.0 Å². The molecule has 3 aromatic rings. The number of methoxy groups -OCH3 is 1. The van der Waals surface area contributed by atoms with Crippen molar-refractivity contribution in [1.29, 1.82) is 0 Å². The van der Waals surface area contributed by atoms with Gasteiger partial charge in [0.1, 0.15) is 5.75 Å². The molecule has 27 heavy (non-hydrogen) atoms. The highest BCUT2D eigenvalue weighted by molar-refractivity contribution is 7.99. The minimum absolute atomic E-state index is 0.181. The number of rotatable bonds is 7. The van der Waals surface area contributed by atoms with Crippen LogP contribution in [0.3, 0.4) is 0 Å². The number of nitrogens with zero attached hydrogens (tertiary/aromatic N) is 3. The summed E-state index contributed by atoms with van der Waals surface area (Å²) in [5.41, 5.74) is 2.97. The molecule has 0 aliphatic rings. The van der Waals surface area contributed by atoms with Crippen molar-refractivity contribution in [2.24, 2.45) is 0 Å². The van der Waals surface area contributed by atoms with Crippen molar-refractivity contribution in [2.45, 2.75) is 19.0 Å². The lowest BCUT2D eigenvalue weighted by Crippen LogP contribution is -2.08. The Labute approximate surface area is 162 Å². The second kappa shape index (κ2) is 8.73. The minimum Gasteiger partial charge on any atom is -0.497 e. The third-order valence-electron chi connectivity index (χ3n) is 3.96. The molecule has 0 amide bonds. The van der Waals surface area contributed by atoms with Crippen molar-refractivity contribution in [3.8, 4) is 22.8 Å². The van der Waals surface area contributed by atoms with Gasteiger partial charge in [0.15, 0.2) is 11.0 Å². The van der Waals surface area contributed by atoms with E-state index in [9.17, 15) is 4.79 Å². The molecular weight excluding hydrogens is 362 g/mol. The van der Waals surface area contributed by atoms with E-state index in [0.717, 1.165) is 22.6 Å². The number of carbonyl (C=O) groups is 1. The molecule has 2 aromatic carbocycles. The van der Waals surface area contributed by atoms with Crippen molar-refractivity contribution in [3.63, 3.8) is 0 Å². The first-order valence-corrected chi connectivity index (χ1v) is 9.57. The second-order valence-corrected chi connectivity index (χ2v) is 6.69. The number of aryl methyl sites for hydroxylation is 1. The van der Waals surface area contributed by atoms with Crippen LogP contribution in [0.25, 0.3) is 17.1 Å². The first kappa shape index (κ1) is 19.0. The largest absolute Gasteiger partial charge is 0.497 e. The van der Waals surface area contributed by atoms with E-state index in [2.05, 4.69) is 10.2 Å². The normalized spacial score (nSPS) is 10.6. The molecule has 0 N–H and O–H groups in total. The van der Waals surface area contributed by atoms with Gasteiger partial charge in [-0.25, -0.2) is 0 Å². The molecule has 1 aromatic heterocycles. The molecule has 0 aliphatic carbocycles. The standard InChI is InChI=1S/C20H21N3O3S/c1-4-26-18(24)13-27-20-22-21-19(15-9-11-16(25-3)12-10-15)23(20)17-8-6-5-7-14(17)2/h5-12H,4,13H2,1-3H3. The van der Waals surface area contributed by atoms with Gasteiger partial charge in [-0.1, -0.05) is 30.0 Å². The summed E-state index contributed by atoms with van der Waals surface area (Å²) in [5.74, 6) is 1.39. The van der Waals surface area contributed by atoms with Crippen LogP contribution < -0.4 is 4.74 Å². The molecule has 0 atom stereocenters. The smallest absolute Gasteiger partial charge is 0.316 e. The van der Waals surface area contributed by atoms with Gasteiger partial charge in [-0.05, 0) is 49.7 Å². The lowest BCUT2D eigenvalue weighted by molar-refractivity contribution is -0.139. The summed E-state index contributed by atoms with van der Waals surface area (Å²) in [6, 6.07) is 15.7. The van der Waals surface area contributed by atoms with Gasteiger partial charge in [0.2, 0.25) is 0 Å². The van der Waals surface area contributed by atoms with Crippen molar-refractivity contribution >= 4 is 17.7 Å². The summed E-state index contributed by atoms with van der Waals surface area (Å²) in [6.45, 7) is 4.19. The molecule has 140 valence electrons. The molecule has 0 saturated heterocycles. The van der Waals surface area contributed by atoms with Crippen LogP contribution in [0.2, 0.25) is 0 Å². The monoisotopic (exact) mass is 383 g/mol. The van der Waals surface area contributed by atoms with Gasteiger partial charge in [0, 0.05) is 5.56 Å². The number of esters is 1. The Hall–Kier alpha value is -2.80. The van der Waals surface area contributed by atoms with E-state index in [1.165, 1.54) is 11.8 Å². The van der Waals surface area contributed by atoms with Crippen LogP contribution in [0.5, 0.6) is 5.75 Å². The summed E-state index contributed by atoms with van der Waals surface area (Å²) >= 11 is 1.31. The van der Waals surface area contributed by atoms with Crippen LogP contribution in [0.1, 0.15) is 12.5 Å². The quantitative estimate of drug-likeness (QED) is 0.455. The van der Waals surface area contributed by atoms with Crippen LogP contribution in [-0.2, 0) is 9.53 Å². The molecule has 0 aliphatic heterocycles. The molecular formula is C20H21N3O3S. The molecule has 6 nitrogen and oxygen atoms in total. The van der Waals surface area contributed by atoms with E-state index in [1.54, 1.807) is 14.0 Å². The number of carbonyl (C=O) groups excluding carboxylic acids is 1. The zero-order chi connectivity index (χ0) is 19.2. The minimum atomic E-state index is -0.271. The molecule has 0 radical (unpaired) electrons. The van der Waals surface area contributed by atoms with E-state index < -0.39 is 0 Å².